The first-order valence-electron chi connectivity index (χ1n) is 6.25. The average Bonchev–Trinajstić information content (AvgIpc) is 2.40. The van der Waals surface area contributed by atoms with Gasteiger partial charge in [0.2, 0.25) is 0 Å². The van der Waals surface area contributed by atoms with Gasteiger partial charge in [-0.25, -0.2) is 4.98 Å². The van der Waals surface area contributed by atoms with Crippen LogP contribution in [0, 0.1) is 19.8 Å². The second-order valence-corrected chi connectivity index (χ2v) is 4.73. The Hall–Kier alpha value is -1.65. The number of esters is 1. The van der Waals surface area contributed by atoms with Crippen molar-refractivity contribution in [1.29, 1.82) is 0 Å². The Morgan fingerprint density at radius 1 is 1.50 bits per heavy atom. The van der Waals surface area contributed by atoms with E-state index in [1.54, 1.807) is 6.20 Å². The highest BCUT2D eigenvalue weighted by Gasteiger charge is 2.28. The monoisotopic (exact) mass is 249 g/mol. The van der Waals surface area contributed by atoms with Gasteiger partial charge in [0.15, 0.2) is 0 Å². The number of carbonyl (C=O) groups excluding carboxylic acids is 1. The molecule has 5 nitrogen and oxygen atoms in total. The SMILES string of the molecule is COC(=O)C1CCCN(c2nc(C)cnc2C)C1. The first-order valence-corrected chi connectivity index (χ1v) is 6.25. The molecular formula is C13H19N3O2. The molecule has 5 heteroatoms. The van der Waals surface area contributed by atoms with Crippen molar-refractivity contribution in [2.24, 2.45) is 5.92 Å². The van der Waals surface area contributed by atoms with Gasteiger partial charge in [0, 0.05) is 19.3 Å². The maximum Gasteiger partial charge on any atom is 0.310 e. The summed E-state index contributed by atoms with van der Waals surface area (Å²) in [6.45, 7) is 5.47. The van der Waals surface area contributed by atoms with Crippen LogP contribution in [0.15, 0.2) is 6.20 Å². The lowest BCUT2D eigenvalue weighted by atomic mass is 9.98. The largest absolute Gasteiger partial charge is 0.469 e. The Kier molecular flexibility index (Phi) is 3.79. The van der Waals surface area contributed by atoms with E-state index in [0.29, 0.717) is 6.54 Å². The molecule has 1 unspecified atom stereocenters. The molecule has 1 aromatic rings. The van der Waals surface area contributed by atoms with E-state index < -0.39 is 0 Å². The molecule has 0 saturated carbocycles. The van der Waals surface area contributed by atoms with Crippen molar-refractivity contribution in [1.82, 2.24) is 9.97 Å². The summed E-state index contributed by atoms with van der Waals surface area (Å²) in [6, 6.07) is 0. The minimum Gasteiger partial charge on any atom is -0.469 e. The molecule has 0 spiro atoms. The fourth-order valence-electron chi connectivity index (χ4n) is 2.35. The normalized spacial score (nSPS) is 19.7. The van der Waals surface area contributed by atoms with Gasteiger partial charge in [0.25, 0.3) is 0 Å². The molecule has 1 aromatic heterocycles. The van der Waals surface area contributed by atoms with Crippen LogP contribution in [0.1, 0.15) is 24.2 Å². The average molecular weight is 249 g/mol. The van der Waals surface area contributed by atoms with E-state index in [0.717, 1.165) is 36.6 Å². The molecule has 1 atom stereocenters. The van der Waals surface area contributed by atoms with Crippen molar-refractivity contribution in [3.05, 3.63) is 17.6 Å². The number of aromatic nitrogens is 2. The standard InChI is InChI=1S/C13H19N3O2/c1-9-7-14-10(2)12(15-9)16-6-4-5-11(8-16)13(17)18-3/h7,11H,4-6,8H2,1-3H3. The molecule has 2 heterocycles. The highest BCUT2D eigenvalue weighted by atomic mass is 16.5. The third-order valence-corrected chi connectivity index (χ3v) is 3.31. The third kappa shape index (κ3) is 2.60. The van der Waals surface area contributed by atoms with Crippen molar-refractivity contribution < 1.29 is 9.53 Å². The van der Waals surface area contributed by atoms with Crippen molar-refractivity contribution in [3.8, 4) is 0 Å². The lowest BCUT2D eigenvalue weighted by Gasteiger charge is -2.32. The molecular weight excluding hydrogens is 230 g/mol. The smallest absolute Gasteiger partial charge is 0.310 e. The van der Waals surface area contributed by atoms with Crippen LogP contribution in [0.3, 0.4) is 0 Å². The van der Waals surface area contributed by atoms with Crippen LogP contribution >= 0.6 is 0 Å². The summed E-state index contributed by atoms with van der Waals surface area (Å²) in [6.07, 6.45) is 3.64. The lowest BCUT2D eigenvalue weighted by molar-refractivity contribution is -0.145. The summed E-state index contributed by atoms with van der Waals surface area (Å²) in [5, 5.41) is 0. The van der Waals surface area contributed by atoms with E-state index in [1.165, 1.54) is 7.11 Å². The maximum atomic E-state index is 11.6. The van der Waals surface area contributed by atoms with Gasteiger partial charge in [-0.3, -0.25) is 9.78 Å². The zero-order valence-corrected chi connectivity index (χ0v) is 11.1. The predicted octanol–water partition coefficient (Wildman–Crippen LogP) is 1.48. The number of anilines is 1. The van der Waals surface area contributed by atoms with Gasteiger partial charge < -0.3 is 9.64 Å². The second kappa shape index (κ2) is 5.33. The van der Waals surface area contributed by atoms with Gasteiger partial charge in [-0.05, 0) is 26.7 Å². The van der Waals surface area contributed by atoms with Crippen molar-refractivity contribution >= 4 is 11.8 Å². The lowest BCUT2D eigenvalue weighted by Crippen LogP contribution is -2.40. The topological polar surface area (TPSA) is 55.3 Å². The maximum absolute atomic E-state index is 11.6. The van der Waals surface area contributed by atoms with Gasteiger partial charge in [0.1, 0.15) is 5.82 Å². The van der Waals surface area contributed by atoms with Crippen LogP contribution in [-0.2, 0) is 9.53 Å². The van der Waals surface area contributed by atoms with E-state index in [4.69, 9.17) is 4.74 Å². The first-order chi connectivity index (χ1) is 8.61. The van der Waals surface area contributed by atoms with Crippen LogP contribution < -0.4 is 4.90 Å². The number of carbonyl (C=O) groups is 1. The number of hydrogen-bond acceptors (Lipinski definition) is 5. The number of ether oxygens (including phenoxy) is 1. The minimum atomic E-state index is -0.127. The number of piperidine rings is 1. The van der Waals surface area contributed by atoms with Crippen LogP contribution in [0.4, 0.5) is 5.82 Å². The van der Waals surface area contributed by atoms with E-state index in [-0.39, 0.29) is 11.9 Å². The molecule has 1 fully saturated rings. The first kappa shape index (κ1) is 12.8. The van der Waals surface area contributed by atoms with Crippen molar-refractivity contribution in [2.75, 3.05) is 25.1 Å². The summed E-state index contributed by atoms with van der Waals surface area (Å²) in [7, 11) is 1.44. The molecule has 1 aliphatic rings. The molecule has 1 aliphatic heterocycles. The Balaban J connectivity index is 2.18. The fraction of sp³-hybridized carbons (Fsp3) is 0.615. The van der Waals surface area contributed by atoms with E-state index in [9.17, 15) is 4.79 Å². The summed E-state index contributed by atoms with van der Waals surface area (Å²) in [5.74, 6) is 0.715. The molecule has 0 N–H and O–H groups in total. The predicted molar refractivity (Wildman–Crippen MR) is 68.5 cm³/mol. The summed E-state index contributed by atoms with van der Waals surface area (Å²) >= 11 is 0. The summed E-state index contributed by atoms with van der Waals surface area (Å²) < 4.78 is 4.83. The molecule has 18 heavy (non-hydrogen) atoms. The number of nitrogens with zero attached hydrogens (tertiary/aromatic N) is 3. The summed E-state index contributed by atoms with van der Waals surface area (Å²) in [5.41, 5.74) is 1.81. The number of aryl methyl sites for hydroxylation is 2. The molecule has 0 aliphatic carbocycles. The van der Waals surface area contributed by atoms with Gasteiger partial charge in [-0.2, -0.15) is 0 Å². The van der Waals surface area contributed by atoms with Crippen molar-refractivity contribution in [3.63, 3.8) is 0 Å². The van der Waals surface area contributed by atoms with Crippen LogP contribution in [-0.4, -0.2) is 36.1 Å². The van der Waals surface area contributed by atoms with Gasteiger partial charge in [-0.1, -0.05) is 0 Å². The summed E-state index contributed by atoms with van der Waals surface area (Å²) in [4.78, 5) is 22.6. The molecule has 0 radical (unpaired) electrons. The van der Waals surface area contributed by atoms with Gasteiger partial charge in [0.05, 0.1) is 24.4 Å². The quantitative estimate of drug-likeness (QED) is 0.743. The van der Waals surface area contributed by atoms with E-state index >= 15 is 0 Å². The molecule has 0 aromatic carbocycles. The Bertz CT molecular complexity index is 448. The Morgan fingerprint density at radius 2 is 2.28 bits per heavy atom. The molecule has 1 saturated heterocycles. The minimum absolute atomic E-state index is 0.0505. The molecule has 0 bridgehead atoms. The van der Waals surface area contributed by atoms with Crippen molar-refractivity contribution in [2.45, 2.75) is 26.7 Å². The molecule has 0 amide bonds. The van der Waals surface area contributed by atoms with E-state index in [2.05, 4.69) is 14.9 Å². The van der Waals surface area contributed by atoms with Gasteiger partial charge in [-0.15, -0.1) is 0 Å². The van der Waals surface area contributed by atoms with Crippen LogP contribution in [0.2, 0.25) is 0 Å². The number of rotatable bonds is 2. The van der Waals surface area contributed by atoms with E-state index in [1.807, 2.05) is 13.8 Å². The number of methoxy groups -OCH3 is 1. The zero-order valence-electron chi connectivity index (χ0n) is 11.1. The second-order valence-electron chi connectivity index (χ2n) is 4.73. The van der Waals surface area contributed by atoms with Crippen LogP contribution in [0.5, 0.6) is 0 Å². The Labute approximate surface area is 107 Å². The van der Waals surface area contributed by atoms with Gasteiger partial charge >= 0.3 is 5.97 Å². The highest BCUT2D eigenvalue weighted by molar-refractivity contribution is 5.73. The number of hydrogen-bond donors (Lipinski definition) is 0. The molecule has 2 rings (SSSR count). The molecule has 98 valence electrons. The zero-order chi connectivity index (χ0) is 13.1. The Morgan fingerprint density at radius 3 is 3.00 bits per heavy atom. The fourth-order valence-corrected chi connectivity index (χ4v) is 2.35. The van der Waals surface area contributed by atoms with Crippen LogP contribution in [0.25, 0.3) is 0 Å². The highest BCUT2D eigenvalue weighted by Crippen LogP contribution is 2.24. The third-order valence-electron chi connectivity index (χ3n) is 3.31.